The average Bonchev–Trinajstić information content (AvgIpc) is 2.59. The quantitative estimate of drug-likeness (QED) is 0.778. The van der Waals surface area contributed by atoms with Crippen LogP contribution in [0.15, 0.2) is 24.5 Å². The van der Waals surface area contributed by atoms with Gasteiger partial charge in [0.2, 0.25) is 0 Å². The Kier molecular flexibility index (Phi) is 3.88. The monoisotopic (exact) mass is 219 g/mol. The molecule has 1 aliphatic rings. The van der Waals surface area contributed by atoms with Crippen molar-refractivity contribution in [2.75, 3.05) is 13.1 Å². The molecule has 4 heteroatoms. The van der Waals surface area contributed by atoms with E-state index >= 15 is 0 Å². The Balaban J connectivity index is 1.91. The van der Waals surface area contributed by atoms with Gasteiger partial charge in [-0.15, -0.1) is 0 Å². The zero-order valence-electron chi connectivity index (χ0n) is 9.28. The molecule has 1 atom stereocenters. The molecule has 1 amide bonds. The zero-order valence-corrected chi connectivity index (χ0v) is 9.28. The van der Waals surface area contributed by atoms with Crippen LogP contribution in [-0.4, -0.2) is 30.0 Å². The van der Waals surface area contributed by atoms with Crippen molar-refractivity contribution in [1.82, 2.24) is 15.6 Å². The molecule has 0 aromatic carbocycles. The van der Waals surface area contributed by atoms with E-state index in [2.05, 4.69) is 15.6 Å². The van der Waals surface area contributed by atoms with Crippen molar-refractivity contribution in [2.24, 2.45) is 0 Å². The van der Waals surface area contributed by atoms with Gasteiger partial charge in [0.25, 0.3) is 5.91 Å². The fraction of sp³-hybridized carbons (Fsp3) is 0.500. The van der Waals surface area contributed by atoms with Crippen molar-refractivity contribution in [3.63, 3.8) is 0 Å². The molecule has 0 radical (unpaired) electrons. The fourth-order valence-electron chi connectivity index (χ4n) is 1.91. The van der Waals surface area contributed by atoms with Gasteiger partial charge in [0.15, 0.2) is 0 Å². The highest BCUT2D eigenvalue weighted by atomic mass is 16.1. The van der Waals surface area contributed by atoms with Crippen LogP contribution < -0.4 is 10.6 Å². The second-order valence-corrected chi connectivity index (χ2v) is 4.11. The molecule has 1 saturated heterocycles. The summed E-state index contributed by atoms with van der Waals surface area (Å²) in [5, 5.41) is 6.36. The second-order valence-electron chi connectivity index (χ2n) is 4.11. The van der Waals surface area contributed by atoms with Gasteiger partial charge in [-0.1, -0.05) is 6.42 Å². The van der Waals surface area contributed by atoms with Crippen LogP contribution in [-0.2, 0) is 0 Å². The largest absolute Gasteiger partial charge is 0.348 e. The normalized spacial score (nSPS) is 21.1. The minimum absolute atomic E-state index is 0.0261. The molecule has 0 spiro atoms. The first-order chi connectivity index (χ1) is 7.86. The van der Waals surface area contributed by atoms with Crippen LogP contribution in [0.2, 0.25) is 0 Å². The molecule has 2 heterocycles. The van der Waals surface area contributed by atoms with Gasteiger partial charge in [-0.2, -0.15) is 0 Å². The van der Waals surface area contributed by atoms with Crippen molar-refractivity contribution in [2.45, 2.75) is 25.3 Å². The first-order valence-corrected chi connectivity index (χ1v) is 5.78. The molecule has 1 fully saturated rings. The molecule has 1 unspecified atom stereocenters. The Hall–Kier alpha value is -1.42. The smallest absolute Gasteiger partial charge is 0.253 e. The van der Waals surface area contributed by atoms with Crippen LogP contribution in [0.1, 0.15) is 29.6 Å². The number of pyridine rings is 1. The molecule has 86 valence electrons. The van der Waals surface area contributed by atoms with E-state index in [1.807, 2.05) is 0 Å². The van der Waals surface area contributed by atoms with Gasteiger partial charge >= 0.3 is 0 Å². The van der Waals surface area contributed by atoms with E-state index in [0.717, 1.165) is 19.5 Å². The summed E-state index contributed by atoms with van der Waals surface area (Å²) in [6.07, 6.45) is 6.69. The third kappa shape index (κ3) is 3.03. The number of hydrogen-bond acceptors (Lipinski definition) is 3. The summed E-state index contributed by atoms with van der Waals surface area (Å²) in [6, 6.07) is 3.81. The highest BCUT2D eigenvalue weighted by Gasteiger charge is 2.15. The summed E-state index contributed by atoms with van der Waals surface area (Å²) in [5.41, 5.74) is 0.631. The first kappa shape index (κ1) is 11.1. The number of nitrogens with zero attached hydrogens (tertiary/aromatic N) is 1. The van der Waals surface area contributed by atoms with Crippen LogP contribution in [0, 0.1) is 0 Å². The lowest BCUT2D eigenvalue weighted by molar-refractivity contribution is 0.0935. The average molecular weight is 219 g/mol. The number of amides is 1. The third-order valence-electron chi connectivity index (χ3n) is 2.81. The molecule has 2 rings (SSSR count). The van der Waals surface area contributed by atoms with Crippen molar-refractivity contribution in [3.05, 3.63) is 30.1 Å². The van der Waals surface area contributed by atoms with Crippen LogP contribution in [0.4, 0.5) is 0 Å². The molecule has 16 heavy (non-hydrogen) atoms. The Labute approximate surface area is 95.5 Å². The SMILES string of the molecule is O=C(NC1CCCCNC1)c1cccnc1. The standard InChI is InChI=1S/C12H17N3O/c16-12(10-4-3-7-13-8-10)15-11-5-1-2-6-14-9-11/h3-4,7-8,11,14H,1-2,5-6,9H2,(H,15,16). The van der Waals surface area contributed by atoms with E-state index in [9.17, 15) is 4.79 Å². The molecule has 4 nitrogen and oxygen atoms in total. The topological polar surface area (TPSA) is 54.0 Å². The molecule has 0 saturated carbocycles. The number of nitrogens with one attached hydrogen (secondary N) is 2. The lowest BCUT2D eigenvalue weighted by Crippen LogP contribution is -2.40. The summed E-state index contributed by atoms with van der Waals surface area (Å²) in [5.74, 6) is -0.0261. The number of carbonyl (C=O) groups is 1. The van der Waals surface area contributed by atoms with Gasteiger partial charge in [0.05, 0.1) is 5.56 Å². The maximum Gasteiger partial charge on any atom is 0.253 e. The maximum absolute atomic E-state index is 11.8. The Morgan fingerprint density at radius 1 is 1.50 bits per heavy atom. The Morgan fingerprint density at radius 2 is 2.44 bits per heavy atom. The molecular weight excluding hydrogens is 202 g/mol. The van der Waals surface area contributed by atoms with Gasteiger partial charge in [-0.25, -0.2) is 0 Å². The zero-order chi connectivity index (χ0) is 11.2. The van der Waals surface area contributed by atoms with E-state index in [1.54, 1.807) is 24.5 Å². The number of aromatic nitrogens is 1. The van der Waals surface area contributed by atoms with Gasteiger partial charge < -0.3 is 10.6 Å². The first-order valence-electron chi connectivity index (χ1n) is 5.78. The van der Waals surface area contributed by atoms with Crippen molar-refractivity contribution in [1.29, 1.82) is 0 Å². The molecule has 1 aromatic rings. The maximum atomic E-state index is 11.8. The Bertz CT molecular complexity index is 331. The lowest BCUT2D eigenvalue weighted by Gasteiger charge is -2.16. The van der Waals surface area contributed by atoms with Gasteiger partial charge in [0, 0.05) is 25.0 Å². The van der Waals surface area contributed by atoms with Crippen molar-refractivity contribution >= 4 is 5.91 Å². The van der Waals surface area contributed by atoms with E-state index in [1.165, 1.54) is 12.8 Å². The van der Waals surface area contributed by atoms with Crippen LogP contribution in [0.5, 0.6) is 0 Å². The van der Waals surface area contributed by atoms with Gasteiger partial charge in [-0.3, -0.25) is 9.78 Å². The van der Waals surface area contributed by atoms with Crippen molar-refractivity contribution < 1.29 is 4.79 Å². The number of hydrogen-bond donors (Lipinski definition) is 2. The summed E-state index contributed by atoms with van der Waals surface area (Å²) in [6.45, 7) is 1.92. The highest BCUT2D eigenvalue weighted by Crippen LogP contribution is 2.05. The number of rotatable bonds is 2. The second kappa shape index (κ2) is 5.61. The predicted molar refractivity (Wildman–Crippen MR) is 62.2 cm³/mol. The van der Waals surface area contributed by atoms with E-state index in [0.29, 0.717) is 5.56 Å². The predicted octanol–water partition coefficient (Wildman–Crippen LogP) is 0.953. The minimum atomic E-state index is -0.0261. The van der Waals surface area contributed by atoms with Crippen LogP contribution in [0.3, 0.4) is 0 Å². The molecular formula is C12H17N3O. The summed E-state index contributed by atoms with van der Waals surface area (Å²) in [7, 11) is 0. The van der Waals surface area contributed by atoms with Crippen molar-refractivity contribution in [3.8, 4) is 0 Å². The summed E-state index contributed by atoms with van der Waals surface area (Å²) < 4.78 is 0. The van der Waals surface area contributed by atoms with Crippen LogP contribution in [0.25, 0.3) is 0 Å². The molecule has 1 aliphatic heterocycles. The summed E-state index contributed by atoms with van der Waals surface area (Å²) >= 11 is 0. The van der Waals surface area contributed by atoms with Crippen LogP contribution >= 0.6 is 0 Å². The molecule has 1 aromatic heterocycles. The van der Waals surface area contributed by atoms with E-state index < -0.39 is 0 Å². The minimum Gasteiger partial charge on any atom is -0.348 e. The molecule has 2 N–H and O–H groups in total. The fourth-order valence-corrected chi connectivity index (χ4v) is 1.91. The number of carbonyl (C=O) groups excluding carboxylic acids is 1. The lowest BCUT2D eigenvalue weighted by atomic mass is 10.1. The Morgan fingerprint density at radius 3 is 3.25 bits per heavy atom. The van der Waals surface area contributed by atoms with Gasteiger partial charge in [0.1, 0.15) is 0 Å². The highest BCUT2D eigenvalue weighted by molar-refractivity contribution is 5.94. The van der Waals surface area contributed by atoms with E-state index in [4.69, 9.17) is 0 Å². The van der Waals surface area contributed by atoms with Gasteiger partial charge in [-0.05, 0) is 31.5 Å². The van der Waals surface area contributed by atoms with E-state index in [-0.39, 0.29) is 11.9 Å². The summed E-state index contributed by atoms with van der Waals surface area (Å²) in [4.78, 5) is 15.8. The molecule has 0 bridgehead atoms. The third-order valence-corrected chi connectivity index (χ3v) is 2.81. The molecule has 0 aliphatic carbocycles.